The third kappa shape index (κ3) is 2.80. The van der Waals surface area contributed by atoms with Gasteiger partial charge in [0.05, 0.1) is 6.16 Å². The van der Waals surface area contributed by atoms with E-state index >= 15 is 0 Å². The first-order valence-corrected chi connectivity index (χ1v) is 6.82. The second-order valence-corrected chi connectivity index (χ2v) is 6.54. The molecule has 0 radical (unpaired) electrons. The highest BCUT2D eigenvalue weighted by molar-refractivity contribution is 7.51. The van der Waals surface area contributed by atoms with Gasteiger partial charge in [0.2, 0.25) is 0 Å². The standard InChI is InChI=1S/C9H20NO3P/c1-7-3-9(5-10,4-8(7)2)6-14(11,12)13/h7-8H,3-6,10H2,1-2H3,(H2,11,12,13)/t7-,8-/m0/s1. The molecule has 1 aliphatic carbocycles. The van der Waals surface area contributed by atoms with Crippen LogP contribution in [0.3, 0.4) is 0 Å². The normalized spacial score (nSPS) is 32.1. The topological polar surface area (TPSA) is 83.6 Å². The minimum absolute atomic E-state index is 0.0504. The van der Waals surface area contributed by atoms with Crippen LogP contribution in [0.25, 0.3) is 0 Å². The van der Waals surface area contributed by atoms with E-state index in [1.165, 1.54) is 0 Å². The van der Waals surface area contributed by atoms with Crippen LogP contribution >= 0.6 is 7.60 Å². The van der Waals surface area contributed by atoms with Crippen molar-refractivity contribution < 1.29 is 14.4 Å². The van der Waals surface area contributed by atoms with Crippen LogP contribution < -0.4 is 5.73 Å². The Morgan fingerprint density at radius 3 is 2.07 bits per heavy atom. The molecule has 14 heavy (non-hydrogen) atoms. The van der Waals surface area contributed by atoms with Gasteiger partial charge in [-0.1, -0.05) is 13.8 Å². The summed E-state index contributed by atoms with van der Waals surface area (Å²) < 4.78 is 11.0. The fourth-order valence-corrected chi connectivity index (χ4v) is 3.91. The van der Waals surface area contributed by atoms with E-state index in [1.54, 1.807) is 0 Å². The van der Waals surface area contributed by atoms with E-state index in [4.69, 9.17) is 15.5 Å². The first kappa shape index (κ1) is 12.2. The van der Waals surface area contributed by atoms with Gasteiger partial charge in [0, 0.05) is 0 Å². The van der Waals surface area contributed by atoms with Crippen molar-refractivity contribution in [3.05, 3.63) is 0 Å². The Hall–Kier alpha value is 0.110. The third-order valence-electron chi connectivity index (χ3n) is 3.46. The van der Waals surface area contributed by atoms with Gasteiger partial charge in [0.15, 0.2) is 0 Å². The lowest BCUT2D eigenvalue weighted by molar-refractivity contribution is 0.293. The van der Waals surface area contributed by atoms with Crippen LogP contribution in [-0.2, 0) is 4.57 Å². The van der Waals surface area contributed by atoms with Crippen LogP contribution in [0.1, 0.15) is 26.7 Å². The molecule has 0 aromatic rings. The van der Waals surface area contributed by atoms with E-state index < -0.39 is 7.60 Å². The molecule has 0 heterocycles. The minimum atomic E-state index is -3.93. The number of hydrogen-bond acceptors (Lipinski definition) is 2. The number of nitrogens with two attached hydrogens (primary N) is 1. The fourth-order valence-electron chi connectivity index (χ4n) is 2.65. The van der Waals surface area contributed by atoms with Crippen molar-refractivity contribution in [3.63, 3.8) is 0 Å². The van der Waals surface area contributed by atoms with E-state index in [9.17, 15) is 4.57 Å². The first-order chi connectivity index (χ1) is 6.28. The Bertz CT molecular complexity index is 240. The zero-order valence-corrected chi connectivity index (χ0v) is 9.70. The molecule has 1 saturated carbocycles. The van der Waals surface area contributed by atoms with Crippen molar-refractivity contribution in [2.24, 2.45) is 23.0 Å². The summed E-state index contributed by atoms with van der Waals surface area (Å²) in [6, 6.07) is 0. The maximum Gasteiger partial charge on any atom is 0.326 e. The molecule has 0 aliphatic heterocycles. The Labute approximate surface area is 85.0 Å². The molecule has 0 spiro atoms. The van der Waals surface area contributed by atoms with Crippen LogP contribution in [0, 0.1) is 17.3 Å². The summed E-state index contributed by atoms with van der Waals surface area (Å²) in [7, 11) is -3.93. The first-order valence-electron chi connectivity index (χ1n) is 5.03. The largest absolute Gasteiger partial charge is 0.330 e. The van der Waals surface area contributed by atoms with Gasteiger partial charge in [-0.05, 0) is 36.6 Å². The highest BCUT2D eigenvalue weighted by Crippen LogP contribution is 2.52. The predicted octanol–water partition coefficient (Wildman–Crippen LogP) is 1.18. The molecule has 0 aromatic heterocycles. The summed E-state index contributed by atoms with van der Waals surface area (Å²) in [6.45, 7) is 4.64. The Morgan fingerprint density at radius 2 is 1.79 bits per heavy atom. The molecular formula is C9H20NO3P. The zero-order valence-electron chi connectivity index (χ0n) is 8.81. The van der Waals surface area contributed by atoms with Crippen molar-refractivity contribution in [1.82, 2.24) is 0 Å². The van der Waals surface area contributed by atoms with E-state index in [2.05, 4.69) is 13.8 Å². The Balaban J connectivity index is 2.75. The van der Waals surface area contributed by atoms with Crippen molar-refractivity contribution in [3.8, 4) is 0 Å². The molecule has 1 rings (SSSR count). The van der Waals surface area contributed by atoms with E-state index in [-0.39, 0.29) is 11.6 Å². The van der Waals surface area contributed by atoms with Crippen LogP contribution in [0.5, 0.6) is 0 Å². The number of rotatable bonds is 3. The molecule has 0 bridgehead atoms. The summed E-state index contributed by atoms with van der Waals surface area (Å²) in [5.74, 6) is 1.04. The molecule has 0 aromatic carbocycles. The second kappa shape index (κ2) is 3.93. The van der Waals surface area contributed by atoms with Crippen LogP contribution in [0.2, 0.25) is 0 Å². The fraction of sp³-hybridized carbons (Fsp3) is 1.00. The second-order valence-electron chi connectivity index (χ2n) is 4.89. The third-order valence-corrected chi connectivity index (χ3v) is 4.54. The molecule has 1 aliphatic rings. The highest BCUT2D eigenvalue weighted by atomic mass is 31.2. The quantitative estimate of drug-likeness (QED) is 0.625. The molecular weight excluding hydrogens is 201 g/mol. The highest BCUT2D eigenvalue weighted by Gasteiger charge is 2.44. The number of hydrogen-bond donors (Lipinski definition) is 3. The van der Waals surface area contributed by atoms with E-state index in [1.807, 2.05) is 0 Å². The maximum atomic E-state index is 11.0. The average molecular weight is 221 g/mol. The zero-order chi connectivity index (χ0) is 11.0. The molecule has 1 fully saturated rings. The van der Waals surface area contributed by atoms with Crippen molar-refractivity contribution in [1.29, 1.82) is 0 Å². The summed E-state index contributed by atoms with van der Waals surface area (Å²) in [5, 5.41) is 0. The van der Waals surface area contributed by atoms with Gasteiger partial charge < -0.3 is 15.5 Å². The van der Waals surface area contributed by atoms with Gasteiger partial charge >= 0.3 is 7.60 Å². The predicted molar refractivity (Wildman–Crippen MR) is 56.0 cm³/mol. The van der Waals surface area contributed by atoms with Gasteiger partial charge in [-0.15, -0.1) is 0 Å². The van der Waals surface area contributed by atoms with Crippen LogP contribution in [0.4, 0.5) is 0 Å². The summed E-state index contributed by atoms with van der Waals surface area (Å²) in [4.78, 5) is 18.0. The van der Waals surface area contributed by atoms with Crippen molar-refractivity contribution >= 4 is 7.60 Å². The van der Waals surface area contributed by atoms with E-state index in [0.29, 0.717) is 18.4 Å². The Kier molecular flexibility index (Phi) is 3.42. The SMILES string of the molecule is C[C@H]1CC(CN)(CP(=O)(O)O)C[C@@H]1C. The van der Waals surface area contributed by atoms with Gasteiger partial charge in [0.1, 0.15) is 0 Å². The lowest BCUT2D eigenvalue weighted by Gasteiger charge is -2.27. The molecule has 0 saturated heterocycles. The molecule has 4 N–H and O–H groups in total. The van der Waals surface area contributed by atoms with Crippen LogP contribution in [-0.4, -0.2) is 22.5 Å². The van der Waals surface area contributed by atoms with Crippen molar-refractivity contribution in [2.75, 3.05) is 12.7 Å². The smallest absolute Gasteiger partial charge is 0.326 e. The lowest BCUT2D eigenvalue weighted by atomic mass is 9.87. The minimum Gasteiger partial charge on any atom is -0.330 e. The maximum absolute atomic E-state index is 11.0. The molecule has 4 nitrogen and oxygen atoms in total. The summed E-state index contributed by atoms with van der Waals surface area (Å²) in [5.41, 5.74) is 5.34. The Morgan fingerprint density at radius 1 is 1.36 bits per heavy atom. The molecule has 0 unspecified atom stereocenters. The molecule has 84 valence electrons. The lowest BCUT2D eigenvalue weighted by Crippen LogP contribution is -2.31. The van der Waals surface area contributed by atoms with Gasteiger partial charge in [-0.25, -0.2) is 0 Å². The van der Waals surface area contributed by atoms with Gasteiger partial charge in [0.25, 0.3) is 0 Å². The van der Waals surface area contributed by atoms with Crippen LogP contribution in [0.15, 0.2) is 0 Å². The van der Waals surface area contributed by atoms with E-state index in [0.717, 1.165) is 12.8 Å². The molecule has 5 heteroatoms. The monoisotopic (exact) mass is 221 g/mol. The average Bonchev–Trinajstić information content (AvgIpc) is 2.25. The molecule has 2 atom stereocenters. The molecule has 0 amide bonds. The van der Waals surface area contributed by atoms with Crippen molar-refractivity contribution in [2.45, 2.75) is 26.7 Å². The van der Waals surface area contributed by atoms with Gasteiger partial charge in [-0.2, -0.15) is 0 Å². The summed E-state index contributed by atoms with van der Waals surface area (Å²) >= 11 is 0. The summed E-state index contributed by atoms with van der Waals surface area (Å²) in [6.07, 6.45) is 1.64. The van der Waals surface area contributed by atoms with Gasteiger partial charge in [-0.3, -0.25) is 4.57 Å².